The van der Waals surface area contributed by atoms with Crippen LogP contribution in [0.2, 0.25) is 5.02 Å². The van der Waals surface area contributed by atoms with Gasteiger partial charge in [0.25, 0.3) is 5.91 Å². The number of rotatable bonds is 1. The van der Waals surface area contributed by atoms with Crippen molar-refractivity contribution >= 4 is 35.8 Å². The van der Waals surface area contributed by atoms with Crippen molar-refractivity contribution in [3.63, 3.8) is 0 Å². The van der Waals surface area contributed by atoms with Crippen molar-refractivity contribution in [2.45, 2.75) is 11.3 Å². The number of nitrogens with zero attached hydrogens (tertiary/aromatic N) is 1. The molecule has 0 N–H and O–H groups in total. The van der Waals surface area contributed by atoms with E-state index >= 15 is 0 Å². The Bertz CT molecular complexity index is 656. The van der Waals surface area contributed by atoms with Crippen LogP contribution in [0.4, 0.5) is 5.69 Å². The Morgan fingerprint density at radius 3 is 2.84 bits per heavy atom. The average molecular weight is 290 g/mol. The summed E-state index contributed by atoms with van der Waals surface area (Å²) in [5.74, 6) is -0.0640. The van der Waals surface area contributed by atoms with E-state index in [1.165, 1.54) is 5.56 Å². The van der Waals surface area contributed by atoms with E-state index in [0.29, 0.717) is 17.1 Å². The number of thiol groups is 1. The molecule has 0 aliphatic carbocycles. The molecular weight excluding hydrogens is 278 g/mol. The SMILES string of the molecule is O=C(c1cc(S)ccc1Cl)N1CCc2ccccc21. The molecule has 96 valence electrons. The van der Waals surface area contributed by atoms with Crippen molar-refractivity contribution in [1.82, 2.24) is 0 Å². The maximum atomic E-state index is 12.6. The molecule has 3 rings (SSSR count). The smallest absolute Gasteiger partial charge is 0.259 e. The third kappa shape index (κ3) is 2.24. The maximum Gasteiger partial charge on any atom is 0.259 e. The Labute approximate surface area is 122 Å². The van der Waals surface area contributed by atoms with Crippen molar-refractivity contribution in [3.05, 3.63) is 58.6 Å². The molecule has 1 aliphatic heterocycles. The van der Waals surface area contributed by atoms with E-state index < -0.39 is 0 Å². The molecule has 2 nitrogen and oxygen atoms in total. The quantitative estimate of drug-likeness (QED) is 0.791. The Balaban J connectivity index is 2.00. The predicted molar refractivity (Wildman–Crippen MR) is 80.5 cm³/mol. The van der Waals surface area contributed by atoms with E-state index in [4.69, 9.17) is 11.6 Å². The summed E-state index contributed by atoms with van der Waals surface area (Å²) in [4.78, 5) is 15.1. The second kappa shape index (κ2) is 4.91. The van der Waals surface area contributed by atoms with Crippen LogP contribution < -0.4 is 4.90 Å². The molecule has 1 aliphatic rings. The number of hydrogen-bond donors (Lipinski definition) is 1. The highest BCUT2D eigenvalue weighted by Gasteiger charge is 2.26. The molecule has 0 aromatic heterocycles. The van der Waals surface area contributed by atoms with Crippen molar-refractivity contribution in [1.29, 1.82) is 0 Å². The number of para-hydroxylation sites is 1. The summed E-state index contributed by atoms with van der Waals surface area (Å²) in [6.45, 7) is 0.700. The zero-order valence-corrected chi connectivity index (χ0v) is 11.8. The van der Waals surface area contributed by atoms with Crippen LogP contribution in [-0.4, -0.2) is 12.5 Å². The van der Waals surface area contributed by atoms with Gasteiger partial charge >= 0.3 is 0 Å². The first-order chi connectivity index (χ1) is 9.16. The molecule has 0 unspecified atom stereocenters. The first-order valence-electron chi connectivity index (χ1n) is 6.05. The summed E-state index contributed by atoms with van der Waals surface area (Å²) < 4.78 is 0. The second-order valence-electron chi connectivity index (χ2n) is 4.50. The topological polar surface area (TPSA) is 20.3 Å². The summed E-state index contributed by atoms with van der Waals surface area (Å²) in [5, 5.41) is 0.465. The fourth-order valence-electron chi connectivity index (χ4n) is 2.37. The van der Waals surface area contributed by atoms with Gasteiger partial charge in [-0.1, -0.05) is 29.8 Å². The largest absolute Gasteiger partial charge is 0.308 e. The maximum absolute atomic E-state index is 12.6. The van der Waals surface area contributed by atoms with E-state index in [1.807, 2.05) is 18.2 Å². The Morgan fingerprint density at radius 2 is 2.00 bits per heavy atom. The normalized spacial score (nSPS) is 13.5. The van der Waals surface area contributed by atoms with Crippen molar-refractivity contribution in [2.24, 2.45) is 0 Å². The van der Waals surface area contributed by atoms with Gasteiger partial charge in [0.2, 0.25) is 0 Å². The summed E-state index contributed by atoms with van der Waals surface area (Å²) in [6, 6.07) is 13.2. The van der Waals surface area contributed by atoms with E-state index in [-0.39, 0.29) is 5.91 Å². The van der Waals surface area contributed by atoms with Gasteiger partial charge in [-0.3, -0.25) is 4.79 Å². The molecule has 0 atom stereocenters. The van der Waals surface area contributed by atoms with Gasteiger partial charge in [0.15, 0.2) is 0 Å². The number of anilines is 1. The molecule has 0 bridgehead atoms. The molecule has 1 heterocycles. The lowest BCUT2D eigenvalue weighted by atomic mass is 10.1. The van der Waals surface area contributed by atoms with Gasteiger partial charge < -0.3 is 4.90 Å². The molecule has 2 aromatic carbocycles. The van der Waals surface area contributed by atoms with E-state index in [9.17, 15) is 4.79 Å². The number of halogens is 1. The molecule has 0 saturated carbocycles. The molecule has 19 heavy (non-hydrogen) atoms. The van der Waals surface area contributed by atoms with Gasteiger partial charge in [-0.25, -0.2) is 0 Å². The summed E-state index contributed by atoms with van der Waals surface area (Å²) in [5.41, 5.74) is 2.69. The van der Waals surface area contributed by atoms with Gasteiger partial charge in [-0.15, -0.1) is 12.6 Å². The molecule has 0 fully saturated rings. The molecule has 1 amide bonds. The molecule has 0 saturated heterocycles. The molecular formula is C15H12ClNOS. The average Bonchev–Trinajstić information content (AvgIpc) is 2.84. The monoisotopic (exact) mass is 289 g/mol. The predicted octanol–water partition coefficient (Wildman–Crippen LogP) is 3.83. The van der Waals surface area contributed by atoms with Crippen LogP contribution in [0.3, 0.4) is 0 Å². The lowest BCUT2D eigenvalue weighted by Gasteiger charge is -2.18. The second-order valence-corrected chi connectivity index (χ2v) is 5.42. The van der Waals surface area contributed by atoms with Crippen molar-refractivity contribution < 1.29 is 4.79 Å². The number of amides is 1. The highest BCUT2D eigenvalue weighted by Crippen LogP contribution is 2.30. The van der Waals surface area contributed by atoms with Crippen LogP contribution in [0.5, 0.6) is 0 Å². The Morgan fingerprint density at radius 1 is 1.21 bits per heavy atom. The third-order valence-electron chi connectivity index (χ3n) is 3.31. The number of carbonyl (C=O) groups is 1. The first kappa shape index (κ1) is 12.6. The van der Waals surface area contributed by atoms with Gasteiger partial charge in [0.05, 0.1) is 10.6 Å². The molecule has 2 aromatic rings. The van der Waals surface area contributed by atoms with E-state index in [1.54, 1.807) is 23.1 Å². The van der Waals surface area contributed by atoms with Crippen LogP contribution in [-0.2, 0) is 6.42 Å². The van der Waals surface area contributed by atoms with Gasteiger partial charge in [0, 0.05) is 17.1 Å². The Hall–Kier alpha value is -1.45. The van der Waals surface area contributed by atoms with Crippen LogP contribution >= 0.6 is 24.2 Å². The third-order valence-corrected chi connectivity index (χ3v) is 3.92. The van der Waals surface area contributed by atoms with E-state index in [2.05, 4.69) is 18.7 Å². The first-order valence-corrected chi connectivity index (χ1v) is 6.87. The summed E-state index contributed by atoms with van der Waals surface area (Å²) >= 11 is 10.4. The Kier molecular flexibility index (Phi) is 3.25. The zero-order chi connectivity index (χ0) is 13.4. The highest BCUT2D eigenvalue weighted by molar-refractivity contribution is 7.80. The minimum absolute atomic E-state index is 0.0640. The van der Waals surface area contributed by atoms with Gasteiger partial charge in [0.1, 0.15) is 0 Å². The number of carbonyl (C=O) groups excluding carboxylic acids is 1. The van der Waals surface area contributed by atoms with Crippen LogP contribution in [0, 0.1) is 0 Å². The van der Waals surface area contributed by atoms with Crippen molar-refractivity contribution in [2.75, 3.05) is 11.4 Å². The molecule has 0 radical (unpaired) electrons. The van der Waals surface area contributed by atoms with E-state index in [0.717, 1.165) is 17.0 Å². The summed E-state index contributed by atoms with van der Waals surface area (Å²) in [7, 11) is 0. The lowest BCUT2D eigenvalue weighted by Crippen LogP contribution is -2.29. The number of benzene rings is 2. The van der Waals surface area contributed by atoms with Gasteiger partial charge in [-0.05, 0) is 36.2 Å². The highest BCUT2D eigenvalue weighted by atomic mass is 35.5. The van der Waals surface area contributed by atoms with Crippen LogP contribution in [0.1, 0.15) is 15.9 Å². The lowest BCUT2D eigenvalue weighted by molar-refractivity contribution is 0.0989. The minimum Gasteiger partial charge on any atom is -0.308 e. The standard InChI is InChI=1S/C15H12ClNOS/c16-13-6-5-11(19)9-12(13)15(18)17-8-7-10-3-1-2-4-14(10)17/h1-6,9,19H,7-8H2. The zero-order valence-electron chi connectivity index (χ0n) is 10.1. The van der Waals surface area contributed by atoms with Gasteiger partial charge in [-0.2, -0.15) is 0 Å². The fourth-order valence-corrected chi connectivity index (χ4v) is 2.77. The van der Waals surface area contributed by atoms with Crippen LogP contribution in [0.25, 0.3) is 0 Å². The molecule has 4 heteroatoms. The van der Waals surface area contributed by atoms with Crippen LogP contribution in [0.15, 0.2) is 47.4 Å². The summed E-state index contributed by atoms with van der Waals surface area (Å²) in [6.07, 6.45) is 0.889. The number of fused-ring (bicyclic) bond motifs is 1. The molecule has 0 spiro atoms. The van der Waals surface area contributed by atoms with Crippen molar-refractivity contribution in [3.8, 4) is 0 Å². The fraction of sp³-hybridized carbons (Fsp3) is 0.133. The number of hydrogen-bond acceptors (Lipinski definition) is 2. The minimum atomic E-state index is -0.0640.